The van der Waals surface area contributed by atoms with Crippen molar-refractivity contribution in [2.75, 3.05) is 7.11 Å². The molecule has 0 unspecified atom stereocenters. The van der Waals surface area contributed by atoms with E-state index in [0.717, 1.165) is 12.3 Å². The van der Waals surface area contributed by atoms with E-state index in [9.17, 15) is 4.79 Å². The van der Waals surface area contributed by atoms with Crippen LogP contribution in [0.15, 0.2) is 12.2 Å². The second kappa shape index (κ2) is 4.34. The summed E-state index contributed by atoms with van der Waals surface area (Å²) in [5.41, 5.74) is 0.522. The van der Waals surface area contributed by atoms with Crippen LogP contribution in [-0.4, -0.2) is 31.9 Å². The molecule has 4 aliphatic rings. The average Bonchev–Trinajstić information content (AvgIpc) is 2.72. The molecule has 0 spiro atoms. The van der Waals surface area contributed by atoms with E-state index in [1.807, 2.05) is 0 Å². The van der Waals surface area contributed by atoms with Crippen molar-refractivity contribution in [3.8, 4) is 0 Å². The predicted molar refractivity (Wildman–Crippen MR) is 76.1 cm³/mol. The molecule has 1 aliphatic heterocycles. The lowest BCUT2D eigenvalue weighted by molar-refractivity contribution is -0.199. The van der Waals surface area contributed by atoms with Gasteiger partial charge in [0.15, 0.2) is 0 Å². The highest BCUT2D eigenvalue weighted by Crippen LogP contribution is 2.65. The van der Waals surface area contributed by atoms with Crippen molar-refractivity contribution in [1.29, 1.82) is 0 Å². The topological polar surface area (TPSA) is 44.8 Å². The zero-order chi connectivity index (χ0) is 14.7. The number of carbonyl (C=O) groups is 1. The van der Waals surface area contributed by atoms with Gasteiger partial charge in [0.2, 0.25) is 0 Å². The smallest absolute Gasteiger partial charge is 0.462 e. The van der Waals surface area contributed by atoms with E-state index in [2.05, 4.69) is 32.1 Å². The van der Waals surface area contributed by atoms with Crippen LogP contribution in [0.2, 0.25) is 6.32 Å². The maximum Gasteiger partial charge on any atom is 0.462 e. The molecule has 4 rings (SSSR count). The number of hydrogen-bond donors (Lipinski definition) is 0. The molecule has 4 fully saturated rings. The first-order valence-corrected chi connectivity index (χ1v) is 7.38. The van der Waals surface area contributed by atoms with E-state index >= 15 is 0 Å². The maximum absolute atomic E-state index is 11.4. The minimum atomic E-state index is -0.387. The monoisotopic (exact) mass is 278 g/mol. The van der Waals surface area contributed by atoms with Crippen LogP contribution in [-0.2, 0) is 18.8 Å². The predicted octanol–water partition coefficient (Wildman–Crippen LogP) is 2.44. The summed E-state index contributed by atoms with van der Waals surface area (Å²) in [7, 11) is 0.995. The van der Waals surface area contributed by atoms with Gasteiger partial charge in [0.05, 0.1) is 18.8 Å². The van der Waals surface area contributed by atoms with Gasteiger partial charge in [-0.1, -0.05) is 20.4 Å². The van der Waals surface area contributed by atoms with E-state index in [-0.39, 0.29) is 24.8 Å². The van der Waals surface area contributed by atoms with E-state index < -0.39 is 0 Å². The summed E-state index contributed by atoms with van der Waals surface area (Å²) in [5, 5.41) is 0. The zero-order valence-corrected chi connectivity index (χ0v) is 12.8. The van der Waals surface area contributed by atoms with Crippen molar-refractivity contribution in [1.82, 2.24) is 0 Å². The first-order chi connectivity index (χ1) is 9.29. The summed E-state index contributed by atoms with van der Waals surface area (Å²) in [6.07, 6.45) is 2.82. The first-order valence-electron chi connectivity index (χ1n) is 7.38. The van der Waals surface area contributed by atoms with Crippen LogP contribution >= 0.6 is 0 Å². The maximum atomic E-state index is 11.4. The number of rotatable bonds is 3. The number of carbonyl (C=O) groups excluding carboxylic acids is 1. The summed E-state index contributed by atoms with van der Waals surface area (Å²) in [4.78, 5) is 11.4. The highest BCUT2D eigenvalue weighted by atomic mass is 16.7. The lowest BCUT2D eigenvalue weighted by Crippen LogP contribution is -2.65. The molecule has 3 saturated carbocycles. The molecule has 2 bridgehead atoms. The van der Waals surface area contributed by atoms with Crippen molar-refractivity contribution in [3.63, 3.8) is 0 Å². The Morgan fingerprint density at radius 3 is 2.70 bits per heavy atom. The number of esters is 1. The molecule has 4 nitrogen and oxygen atoms in total. The van der Waals surface area contributed by atoms with Crippen LogP contribution in [0.5, 0.6) is 0 Å². The molecule has 5 heteroatoms. The minimum absolute atomic E-state index is 0.148. The first kappa shape index (κ1) is 14.1. The second-order valence-electron chi connectivity index (χ2n) is 7.20. The number of hydrogen-bond acceptors (Lipinski definition) is 4. The largest absolute Gasteiger partial charge is 0.466 e. The summed E-state index contributed by atoms with van der Waals surface area (Å²) in [5.74, 6) is 0.883. The van der Waals surface area contributed by atoms with E-state index in [1.165, 1.54) is 13.5 Å². The normalized spacial score (nSPS) is 40.8. The molecule has 0 aromatic carbocycles. The van der Waals surface area contributed by atoms with Crippen LogP contribution in [0.4, 0.5) is 0 Å². The Labute approximate surface area is 121 Å². The van der Waals surface area contributed by atoms with Crippen LogP contribution in [0, 0.1) is 17.3 Å². The number of methoxy groups -OCH3 is 1. The third-order valence-corrected chi connectivity index (χ3v) is 5.89. The summed E-state index contributed by atoms with van der Waals surface area (Å²) in [6.45, 7) is 10.6. The van der Waals surface area contributed by atoms with Gasteiger partial charge in [-0.25, -0.2) is 4.79 Å². The van der Waals surface area contributed by atoms with Crippen LogP contribution in [0.3, 0.4) is 0 Å². The highest BCUT2D eigenvalue weighted by molar-refractivity contribution is 6.47. The van der Waals surface area contributed by atoms with Gasteiger partial charge >= 0.3 is 13.1 Å². The minimum Gasteiger partial charge on any atom is -0.466 e. The third kappa shape index (κ3) is 1.79. The highest BCUT2D eigenvalue weighted by Gasteiger charge is 2.67. The van der Waals surface area contributed by atoms with Crippen LogP contribution < -0.4 is 0 Å². The van der Waals surface area contributed by atoms with Gasteiger partial charge in [0.25, 0.3) is 0 Å². The SMILES string of the molecule is C=C(CB1O[C@@H]2C[C@@H]3C[C@@H](C3(C)C)[C@]2(C)O1)C(=O)OC. The van der Waals surface area contributed by atoms with Gasteiger partial charge in [-0.15, -0.1) is 0 Å². The van der Waals surface area contributed by atoms with Gasteiger partial charge in [0, 0.05) is 11.9 Å². The van der Waals surface area contributed by atoms with Gasteiger partial charge in [-0.05, 0) is 37.0 Å². The van der Waals surface area contributed by atoms with Crippen molar-refractivity contribution >= 4 is 13.1 Å². The standard InChI is InChI=1S/C15H23BO4/c1-9(13(17)18-5)8-16-19-12-7-10-6-11(14(10,2)3)15(12,4)20-16/h10-12H,1,6-8H2,2-5H3/t10-,11-,12+,15-/m0/s1. The zero-order valence-electron chi connectivity index (χ0n) is 12.8. The molecule has 0 amide bonds. The molecule has 1 heterocycles. The van der Waals surface area contributed by atoms with E-state index in [4.69, 9.17) is 9.31 Å². The number of ether oxygens (including phenoxy) is 1. The molecule has 0 N–H and O–H groups in total. The fourth-order valence-electron chi connectivity index (χ4n) is 4.47. The summed E-state index contributed by atoms with van der Waals surface area (Å²) < 4.78 is 16.9. The van der Waals surface area contributed by atoms with Crippen molar-refractivity contribution < 1.29 is 18.8 Å². The molecule has 0 aromatic rings. The fraction of sp³-hybridized carbons (Fsp3) is 0.800. The lowest BCUT2D eigenvalue weighted by Gasteiger charge is -2.64. The molecule has 0 aromatic heterocycles. The second-order valence-corrected chi connectivity index (χ2v) is 7.20. The van der Waals surface area contributed by atoms with Gasteiger partial charge in [0.1, 0.15) is 0 Å². The van der Waals surface area contributed by atoms with Crippen molar-refractivity contribution in [3.05, 3.63) is 12.2 Å². The van der Waals surface area contributed by atoms with E-state index in [1.54, 1.807) is 0 Å². The van der Waals surface area contributed by atoms with Crippen LogP contribution in [0.1, 0.15) is 33.6 Å². The fourth-order valence-corrected chi connectivity index (χ4v) is 4.47. The quantitative estimate of drug-likeness (QED) is 0.452. The molecular weight excluding hydrogens is 255 g/mol. The molecular formula is C15H23BO4. The summed E-state index contributed by atoms with van der Waals surface area (Å²) >= 11 is 0. The molecule has 0 radical (unpaired) electrons. The van der Waals surface area contributed by atoms with Crippen molar-refractivity contribution in [2.24, 2.45) is 17.3 Å². The Kier molecular flexibility index (Phi) is 3.07. The van der Waals surface area contributed by atoms with Crippen molar-refractivity contribution in [2.45, 2.75) is 51.6 Å². The Bertz CT molecular complexity index is 461. The third-order valence-electron chi connectivity index (χ3n) is 5.89. The molecule has 110 valence electrons. The molecule has 20 heavy (non-hydrogen) atoms. The van der Waals surface area contributed by atoms with E-state index in [0.29, 0.717) is 23.2 Å². The Hall–Kier alpha value is -0.805. The average molecular weight is 278 g/mol. The van der Waals surface area contributed by atoms with Gasteiger partial charge in [-0.3, -0.25) is 0 Å². The Morgan fingerprint density at radius 2 is 2.10 bits per heavy atom. The Morgan fingerprint density at radius 1 is 1.40 bits per heavy atom. The molecule has 4 atom stereocenters. The lowest BCUT2D eigenvalue weighted by atomic mass is 9.43. The van der Waals surface area contributed by atoms with Gasteiger partial charge in [-0.2, -0.15) is 0 Å². The van der Waals surface area contributed by atoms with Crippen LogP contribution in [0.25, 0.3) is 0 Å². The van der Waals surface area contributed by atoms with Gasteiger partial charge < -0.3 is 14.0 Å². The molecule has 3 aliphatic carbocycles. The molecule has 1 saturated heterocycles. The Balaban J connectivity index is 1.70. The summed E-state index contributed by atoms with van der Waals surface area (Å²) in [6, 6.07) is 0.